The minimum Gasteiger partial charge on any atom is -0.345 e. The standard InChI is InChI=1S/C20H20N4O3/c25-18-11-21-19(26)17-10-14(12-24(17)18)22-20(27)23-16-9-5-4-8-15(16)13-6-2-1-3-7-13/h1-9,14,17H,10-12H2,(H,21,26)(H2,22,23,27)/t14-,17+/m1/s1. The molecule has 7 nitrogen and oxygen atoms in total. The van der Waals surface area contributed by atoms with Crippen molar-refractivity contribution >= 4 is 23.5 Å². The van der Waals surface area contributed by atoms with E-state index in [-0.39, 0.29) is 30.4 Å². The van der Waals surface area contributed by atoms with Crippen LogP contribution in [0.2, 0.25) is 0 Å². The highest BCUT2D eigenvalue weighted by Crippen LogP contribution is 2.27. The summed E-state index contributed by atoms with van der Waals surface area (Å²) in [4.78, 5) is 37.9. The summed E-state index contributed by atoms with van der Waals surface area (Å²) in [6.07, 6.45) is 0.422. The first-order valence-electron chi connectivity index (χ1n) is 8.91. The first-order chi connectivity index (χ1) is 13.1. The third-order valence-electron chi connectivity index (χ3n) is 4.93. The van der Waals surface area contributed by atoms with Crippen molar-refractivity contribution in [3.8, 4) is 11.1 Å². The lowest BCUT2D eigenvalue weighted by atomic mass is 10.0. The third kappa shape index (κ3) is 3.48. The SMILES string of the molecule is O=C(Nc1ccccc1-c1ccccc1)N[C@@H]1C[C@H]2C(=O)NCC(=O)N2C1. The lowest BCUT2D eigenvalue weighted by Gasteiger charge is -2.28. The molecule has 2 saturated heterocycles. The van der Waals surface area contributed by atoms with Gasteiger partial charge in [0.25, 0.3) is 0 Å². The monoisotopic (exact) mass is 364 g/mol. The van der Waals surface area contributed by atoms with Crippen molar-refractivity contribution in [2.75, 3.05) is 18.4 Å². The second-order valence-electron chi connectivity index (χ2n) is 6.72. The first-order valence-corrected chi connectivity index (χ1v) is 8.91. The Morgan fingerprint density at radius 1 is 1.04 bits per heavy atom. The topological polar surface area (TPSA) is 90.5 Å². The van der Waals surface area contributed by atoms with Gasteiger partial charge in [0, 0.05) is 12.1 Å². The van der Waals surface area contributed by atoms with E-state index in [0.717, 1.165) is 11.1 Å². The summed E-state index contributed by atoms with van der Waals surface area (Å²) < 4.78 is 0. The van der Waals surface area contributed by atoms with E-state index >= 15 is 0 Å². The predicted molar refractivity (Wildman–Crippen MR) is 101 cm³/mol. The van der Waals surface area contributed by atoms with Crippen molar-refractivity contribution in [2.45, 2.75) is 18.5 Å². The maximum atomic E-state index is 12.5. The Labute approximate surface area is 156 Å². The molecule has 27 heavy (non-hydrogen) atoms. The zero-order chi connectivity index (χ0) is 18.8. The van der Waals surface area contributed by atoms with Crippen LogP contribution in [-0.4, -0.2) is 47.9 Å². The molecule has 7 heteroatoms. The van der Waals surface area contributed by atoms with Gasteiger partial charge in [-0.15, -0.1) is 0 Å². The summed E-state index contributed by atoms with van der Waals surface area (Å²) in [5.74, 6) is -0.271. The van der Waals surface area contributed by atoms with Crippen molar-refractivity contribution in [1.29, 1.82) is 0 Å². The maximum absolute atomic E-state index is 12.5. The molecule has 2 heterocycles. The highest BCUT2D eigenvalue weighted by molar-refractivity contribution is 5.97. The Morgan fingerprint density at radius 2 is 1.78 bits per heavy atom. The second-order valence-corrected chi connectivity index (χ2v) is 6.72. The Bertz CT molecular complexity index is 860. The number of nitrogens with one attached hydrogen (secondary N) is 3. The molecule has 2 aromatic carbocycles. The van der Waals surface area contributed by atoms with Gasteiger partial charge >= 0.3 is 6.03 Å². The molecule has 0 radical (unpaired) electrons. The van der Waals surface area contributed by atoms with Gasteiger partial charge in [0.2, 0.25) is 11.8 Å². The molecule has 0 spiro atoms. The van der Waals surface area contributed by atoms with E-state index in [0.29, 0.717) is 18.7 Å². The molecule has 2 aromatic rings. The summed E-state index contributed by atoms with van der Waals surface area (Å²) >= 11 is 0. The Kier molecular flexibility index (Phi) is 4.50. The minimum absolute atomic E-state index is 0.0265. The molecular weight excluding hydrogens is 344 g/mol. The highest BCUT2D eigenvalue weighted by Gasteiger charge is 2.42. The molecule has 2 aliphatic heterocycles. The normalized spacial score (nSPS) is 21.4. The second kappa shape index (κ2) is 7.11. The number of nitrogens with zero attached hydrogens (tertiary/aromatic N) is 1. The number of carbonyl (C=O) groups is 3. The van der Waals surface area contributed by atoms with Crippen LogP contribution in [0.5, 0.6) is 0 Å². The molecule has 0 unspecified atom stereocenters. The molecule has 4 rings (SSSR count). The molecule has 138 valence electrons. The summed E-state index contributed by atoms with van der Waals surface area (Å²) in [7, 11) is 0. The summed E-state index contributed by atoms with van der Waals surface area (Å²) in [5.41, 5.74) is 2.63. The zero-order valence-corrected chi connectivity index (χ0v) is 14.6. The Morgan fingerprint density at radius 3 is 2.56 bits per heavy atom. The molecule has 0 bridgehead atoms. The molecule has 4 amide bonds. The molecule has 0 aromatic heterocycles. The third-order valence-corrected chi connectivity index (χ3v) is 4.93. The minimum atomic E-state index is -0.492. The van der Waals surface area contributed by atoms with Gasteiger partial charge in [-0.3, -0.25) is 9.59 Å². The molecule has 0 aliphatic carbocycles. The van der Waals surface area contributed by atoms with Crippen LogP contribution in [0.15, 0.2) is 54.6 Å². The largest absolute Gasteiger partial charge is 0.345 e. The number of piperazine rings is 1. The number of carbonyl (C=O) groups excluding carboxylic acids is 3. The van der Waals surface area contributed by atoms with E-state index in [4.69, 9.17) is 0 Å². The summed E-state index contributed by atoms with van der Waals surface area (Å²) in [6.45, 7) is 0.378. The molecule has 0 saturated carbocycles. The van der Waals surface area contributed by atoms with E-state index in [2.05, 4.69) is 16.0 Å². The number of para-hydroxylation sites is 1. The molecule has 2 fully saturated rings. The van der Waals surface area contributed by atoms with Gasteiger partial charge in [-0.25, -0.2) is 4.79 Å². The van der Waals surface area contributed by atoms with E-state index in [1.54, 1.807) is 4.90 Å². The van der Waals surface area contributed by atoms with Gasteiger partial charge < -0.3 is 20.9 Å². The van der Waals surface area contributed by atoms with E-state index in [1.165, 1.54) is 0 Å². The van der Waals surface area contributed by atoms with Gasteiger partial charge in [0.15, 0.2) is 0 Å². The van der Waals surface area contributed by atoms with Crippen LogP contribution in [0, 0.1) is 0 Å². The smallest absolute Gasteiger partial charge is 0.319 e. The van der Waals surface area contributed by atoms with Gasteiger partial charge in [-0.1, -0.05) is 48.5 Å². The van der Waals surface area contributed by atoms with E-state index in [9.17, 15) is 14.4 Å². The van der Waals surface area contributed by atoms with Crippen LogP contribution in [0.25, 0.3) is 11.1 Å². The summed E-state index contributed by atoms with van der Waals surface area (Å²) in [5, 5.41) is 8.35. The van der Waals surface area contributed by atoms with Gasteiger partial charge in [-0.2, -0.15) is 0 Å². The van der Waals surface area contributed by atoms with Crippen molar-refractivity contribution in [2.24, 2.45) is 0 Å². The number of urea groups is 1. The predicted octanol–water partition coefficient (Wildman–Crippen LogP) is 1.57. The Balaban J connectivity index is 1.44. The van der Waals surface area contributed by atoms with Crippen molar-refractivity contribution in [1.82, 2.24) is 15.5 Å². The van der Waals surface area contributed by atoms with Crippen LogP contribution in [0.1, 0.15) is 6.42 Å². The fourth-order valence-electron chi connectivity index (χ4n) is 3.65. The number of hydrogen-bond donors (Lipinski definition) is 3. The lowest BCUT2D eigenvalue weighted by Crippen LogP contribution is -2.55. The number of benzene rings is 2. The fraction of sp³-hybridized carbons (Fsp3) is 0.250. The van der Waals surface area contributed by atoms with Crippen molar-refractivity contribution < 1.29 is 14.4 Å². The van der Waals surface area contributed by atoms with Crippen LogP contribution in [0.3, 0.4) is 0 Å². The number of amides is 4. The Hall–Kier alpha value is -3.35. The van der Waals surface area contributed by atoms with Crippen LogP contribution in [0.4, 0.5) is 10.5 Å². The fourth-order valence-corrected chi connectivity index (χ4v) is 3.65. The number of anilines is 1. The first kappa shape index (κ1) is 17.1. The quantitative estimate of drug-likeness (QED) is 0.772. The van der Waals surface area contributed by atoms with Crippen LogP contribution < -0.4 is 16.0 Å². The van der Waals surface area contributed by atoms with Crippen molar-refractivity contribution in [3.05, 3.63) is 54.6 Å². The van der Waals surface area contributed by atoms with E-state index < -0.39 is 6.04 Å². The van der Waals surface area contributed by atoms with Crippen LogP contribution >= 0.6 is 0 Å². The average molecular weight is 364 g/mol. The average Bonchev–Trinajstić information content (AvgIpc) is 3.11. The molecular formula is C20H20N4O3. The molecule has 2 aliphatic rings. The number of rotatable bonds is 3. The van der Waals surface area contributed by atoms with Crippen LogP contribution in [-0.2, 0) is 9.59 Å². The van der Waals surface area contributed by atoms with Crippen molar-refractivity contribution in [3.63, 3.8) is 0 Å². The lowest BCUT2D eigenvalue weighted by molar-refractivity contribution is -0.143. The molecule has 3 N–H and O–H groups in total. The molecule has 2 atom stereocenters. The number of fused-ring (bicyclic) bond motifs is 1. The number of hydrogen-bond acceptors (Lipinski definition) is 3. The summed E-state index contributed by atoms with van der Waals surface area (Å²) in [6, 6.07) is 16.3. The maximum Gasteiger partial charge on any atom is 0.319 e. The van der Waals surface area contributed by atoms with E-state index in [1.807, 2.05) is 54.6 Å². The highest BCUT2D eigenvalue weighted by atomic mass is 16.2. The van der Waals surface area contributed by atoms with Gasteiger partial charge in [0.05, 0.1) is 18.3 Å². The van der Waals surface area contributed by atoms with Gasteiger partial charge in [0.1, 0.15) is 6.04 Å². The zero-order valence-electron chi connectivity index (χ0n) is 14.6. The van der Waals surface area contributed by atoms with Gasteiger partial charge in [-0.05, 0) is 18.1 Å².